The van der Waals surface area contributed by atoms with E-state index < -0.39 is 0 Å². The largest absolute Gasteiger partial charge is 0.394 e. The van der Waals surface area contributed by atoms with Crippen LogP contribution in [0.5, 0.6) is 0 Å². The minimum absolute atomic E-state index is 0.108. The summed E-state index contributed by atoms with van der Waals surface area (Å²) in [5.41, 5.74) is -0.300. The van der Waals surface area contributed by atoms with Crippen LogP contribution in [0.3, 0.4) is 0 Å². The second-order valence-corrected chi connectivity index (χ2v) is 3.81. The summed E-state index contributed by atoms with van der Waals surface area (Å²) in [5, 5.41) is 12.6. The van der Waals surface area contributed by atoms with Crippen LogP contribution >= 0.6 is 0 Å². The van der Waals surface area contributed by atoms with E-state index in [1.54, 1.807) is 0 Å². The van der Waals surface area contributed by atoms with Gasteiger partial charge in [-0.3, -0.25) is 0 Å². The summed E-state index contributed by atoms with van der Waals surface area (Å²) >= 11 is 0. The lowest BCUT2D eigenvalue weighted by Crippen LogP contribution is -2.53. The van der Waals surface area contributed by atoms with Crippen molar-refractivity contribution in [2.75, 3.05) is 19.8 Å². The Morgan fingerprint density at radius 3 is 2.46 bits per heavy atom. The zero-order chi connectivity index (χ0) is 10.3. The fraction of sp³-hybridized carbons (Fsp3) is 1.00. The van der Waals surface area contributed by atoms with Crippen LogP contribution in [-0.2, 0) is 4.74 Å². The third-order valence-electron chi connectivity index (χ3n) is 2.18. The number of aliphatic hydroxyl groups excluding tert-OH is 1. The molecule has 0 radical (unpaired) electrons. The molecular formula is C10H23NO2. The Labute approximate surface area is 81.5 Å². The number of nitrogens with one attached hydrogen (secondary N) is 1. The molecule has 0 aliphatic rings. The van der Waals surface area contributed by atoms with Crippen molar-refractivity contribution in [2.45, 2.75) is 45.7 Å². The van der Waals surface area contributed by atoms with Gasteiger partial charge in [-0.2, -0.15) is 0 Å². The van der Waals surface area contributed by atoms with Gasteiger partial charge in [-0.25, -0.2) is 0 Å². The Hall–Kier alpha value is -0.120. The summed E-state index contributed by atoms with van der Waals surface area (Å²) in [4.78, 5) is 0. The van der Waals surface area contributed by atoms with E-state index in [1.807, 2.05) is 13.8 Å². The number of hydrogen-bond acceptors (Lipinski definition) is 3. The highest BCUT2D eigenvalue weighted by Gasteiger charge is 2.24. The highest BCUT2D eigenvalue weighted by atomic mass is 16.5. The van der Waals surface area contributed by atoms with E-state index in [1.165, 1.54) is 0 Å². The first kappa shape index (κ1) is 12.9. The molecule has 2 atom stereocenters. The van der Waals surface area contributed by atoms with E-state index in [9.17, 15) is 5.11 Å². The Balaban J connectivity index is 3.94. The molecule has 0 saturated heterocycles. The number of aliphatic hydroxyl groups is 1. The van der Waals surface area contributed by atoms with Crippen molar-refractivity contribution in [1.29, 1.82) is 0 Å². The van der Waals surface area contributed by atoms with Crippen molar-refractivity contribution < 1.29 is 9.84 Å². The minimum atomic E-state index is -0.300. The molecule has 0 spiro atoms. The molecule has 0 aliphatic carbocycles. The second-order valence-electron chi connectivity index (χ2n) is 3.81. The van der Waals surface area contributed by atoms with Crippen LogP contribution in [0.2, 0.25) is 0 Å². The van der Waals surface area contributed by atoms with Crippen molar-refractivity contribution in [2.24, 2.45) is 0 Å². The van der Waals surface area contributed by atoms with Gasteiger partial charge >= 0.3 is 0 Å². The Bertz CT molecular complexity index is 130. The van der Waals surface area contributed by atoms with E-state index in [-0.39, 0.29) is 12.1 Å². The summed E-state index contributed by atoms with van der Waals surface area (Å²) in [6.45, 7) is 9.53. The summed E-state index contributed by atoms with van der Waals surface area (Å²) in [6.07, 6.45) is 1.06. The second kappa shape index (κ2) is 6.35. The van der Waals surface area contributed by atoms with Gasteiger partial charge in [-0.15, -0.1) is 0 Å². The molecule has 0 fully saturated rings. The maximum atomic E-state index is 9.21. The molecule has 0 aromatic carbocycles. The first-order chi connectivity index (χ1) is 6.08. The molecule has 2 N–H and O–H groups in total. The molecule has 13 heavy (non-hydrogen) atoms. The molecule has 0 saturated carbocycles. The smallest absolute Gasteiger partial charge is 0.0668 e. The lowest BCUT2D eigenvalue weighted by Gasteiger charge is -2.31. The minimum Gasteiger partial charge on any atom is -0.394 e. The number of rotatable bonds is 7. The van der Waals surface area contributed by atoms with Crippen molar-refractivity contribution in [3.63, 3.8) is 0 Å². The molecule has 0 rings (SSSR count). The third-order valence-corrected chi connectivity index (χ3v) is 2.18. The standard InChI is InChI=1S/C10H23NO2/c1-5-9(3)11-10(4,7-12)8-13-6-2/h9,11-12H,5-8H2,1-4H3. The van der Waals surface area contributed by atoms with Gasteiger partial charge in [0.25, 0.3) is 0 Å². The molecule has 0 amide bonds. The Morgan fingerprint density at radius 1 is 1.46 bits per heavy atom. The summed E-state index contributed by atoms with van der Waals surface area (Å²) in [7, 11) is 0. The average molecular weight is 189 g/mol. The monoisotopic (exact) mass is 189 g/mol. The predicted octanol–water partition coefficient (Wildman–Crippen LogP) is 1.16. The first-order valence-corrected chi connectivity index (χ1v) is 5.04. The zero-order valence-electron chi connectivity index (χ0n) is 9.26. The fourth-order valence-corrected chi connectivity index (χ4v) is 1.16. The van der Waals surface area contributed by atoms with Gasteiger partial charge in [0, 0.05) is 12.6 Å². The van der Waals surface area contributed by atoms with Crippen molar-refractivity contribution in [1.82, 2.24) is 5.32 Å². The van der Waals surface area contributed by atoms with Crippen LogP contribution in [0.15, 0.2) is 0 Å². The SMILES string of the molecule is CCOCC(C)(CO)NC(C)CC. The van der Waals surface area contributed by atoms with Crippen LogP contribution in [-0.4, -0.2) is 36.5 Å². The third kappa shape index (κ3) is 5.24. The molecule has 0 aromatic heterocycles. The van der Waals surface area contributed by atoms with Crippen LogP contribution in [0, 0.1) is 0 Å². The summed E-state index contributed by atoms with van der Waals surface area (Å²) < 4.78 is 5.31. The van der Waals surface area contributed by atoms with Gasteiger partial charge < -0.3 is 15.2 Å². The van der Waals surface area contributed by atoms with Gasteiger partial charge in [0.15, 0.2) is 0 Å². The topological polar surface area (TPSA) is 41.5 Å². The summed E-state index contributed by atoms with van der Waals surface area (Å²) in [6, 6.07) is 0.414. The molecule has 0 aromatic rings. The lowest BCUT2D eigenvalue weighted by atomic mass is 10.0. The van der Waals surface area contributed by atoms with Gasteiger partial charge in [0.1, 0.15) is 0 Å². The Morgan fingerprint density at radius 2 is 2.08 bits per heavy atom. The van der Waals surface area contributed by atoms with E-state index >= 15 is 0 Å². The molecule has 80 valence electrons. The van der Waals surface area contributed by atoms with Crippen LogP contribution < -0.4 is 5.32 Å². The quantitative estimate of drug-likeness (QED) is 0.631. The highest BCUT2D eigenvalue weighted by Crippen LogP contribution is 2.06. The van der Waals surface area contributed by atoms with Crippen molar-refractivity contribution >= 4 is 0 Å². The van der Waals surface area contributed by atoms with Gasteiger partial charge in [-0.05, 0) is 27.2 Å². The van der Waals surface area contributed by atoms with E-state index in [0.29, 0.717) is 19.3 Å². The Kier molecular flexibility index (Phi) is 6.29. The van der Waals surface area contributed by atoms with Gasteiger partial charge in [0.05, 0.1) is 18.8 Å². The van der Waals surface area contributed by atoms with Crippen molar-refractivity contribution in [3.05, 3.63) is 0 Å². The number of hydrogen-bond donors (Lipinski definition) is 2. The van der Waals surface area contributed by atoms with Gasteiger partial charge in [0.2, 0.25) is 0 Å². The zero-order valence-corrected chi connectivity index (χ0v) is 9.26. The molecule has 0 heterocycles. The van der Waals surface area contributed by atoms with Crippen LogP contribution in [0.1, 0.15) is 34.1 Å². The number of ether oxygens (including phenoxy) is 1. The molecule has 2 unspecified atom stereocenters. The van der Waals surface area contributed by atoms with Crippen LogP contribution in [0.4, 0.5) is 0 Å². The maximum absolute atomic E-state index is 9.21. The molecule has 3 nitrogen and oxygen atoms in total. The molecule has 0 aliphatic heterocycles. The molecular weight excluding hydrogens is 166 g/mol. The average Bonchev–Trinajstić information content (AvgIpc) is 2.14. The normalized spacial score (nSPS) is 18.2. The van der Waals surface area contributed by atoms with Gasteiger partial charge in [-0.1, -0.05) is 6.92 Å². The van der Waals surface area contributed by atoms with E-state index in [4.69, 9.17) is 4.74 Å². The van der Waals surface area contributed by atoms with E-state index in [2.05, 4.69) is 19.2 Å². The van der Waals surface area contributed by atoms with E-state index in [0.717, 1.165) is 6.42 Å². The molecule has 0 bridgehead atoms. The van der Waals surface area contributed by atoms with Crippen LogP contribution in [0.25, 0.3) is 0 Å². The highest BCUT2D eigenvalue weighted by molar-refractivity contribution is 4.84. The predicted molar refractivity (Wildman–Crippen MR) is 54.9 cm³/mol. The lowest BCUT2D eigenvalue weighted by molar-refractivity contribution is 0.0449. The first-order valence-electron chi connectivity index (χ1n) is 5.04. The van der Waals surface area contributed by atoms with Crippen molar-refractivity contribution in [3.8, 4) is 0 Å². The fourth-order valence-electron chi connectivity index (χ4n) is 1.16. The molecule has 3 heteroatoms. The summed E-state index contributed by atoms with van der Waals surface area (Å²) in [5.74, 6) is 0. The maximum Gasteiger partial charge on any atom is 0.0668 e.